The number of rotatable bonds is 5. The molecule has 2 N–H and O–H groups in total. The fourth-order valence-corrected chi connectivity index (χ4v) is 2.45. The van der Waals surface area contributed by atoms with Crippen LogP contribution >= 0.6 is 0 Å². The highest BCUT2D eigenvalue weighted by atomic mass is 16.1. The van der Waals surface area contributed by atoms with Gasteiger partial charge < -0.3 is 10.6 Å². The SMILES string of the molecule is Cc1cccc(NC(=O)c2cnc(NCc3ccccc3C)cn2)c1. The van der Waals surface area contributed by atoms with E-state index in [2.05, 4.69) is 39.7 Å². The number of benzene rings is 2. The molecule has 1 aromatic heterocycles. The molecule has 0 aliphatic heterocycles. The number of carbonyl (C=O) groups is 1. The van der Waals surface area contributed by atoms with Crippen molar-refractivity contribution in [3.8, 4) is 0 Å². The van der Waals surface area contributed by atoms with E-state index in [-0.39, 0.29) is 11.6 Å². The van der Waals surface area contributed by atoms with Gasteiger partial charge in [0.1, 0.15) is 11.5 Å². The molecule has 126 valence electrons. The predicted molar refractivity (Wildman–Crippen MR) is 99.7 cm³/mol. The van der Waals surface area contributed by atoms with Crippen LogP contribution in [0, 0.1) is 13.8 Å². The summed E-state index contributed by atoms with van der Waals surface area (Å²) in [6.07, 6.45) is 3.05. The van der Waals surface area contributed by atoms with Gasteiger partial charge in [0.15, 0.2) is 0 Å². The molecule has 0 saturated heterocycles. The Kier molecular flexibility index (Phi) is 5.04. The molecular formula is C20H20N4O. The summed E-state index contributed by atoms with van der Waals surface area (Å²) in [7, 11) is 0. The van der Waals surface area contributed by atoms with Crippen LogP contribution in [0.4, 0.5) is 11.5 Å². The summed E-state index contributed by atoms with van der Waals surface area (Å²) >= 11 is 0. The topological polar surface area (TPSA) is 66.9 Å². The number of hydrogen-bond donors (Lipinski definition) is 2. The third-order valence-electron chi connectivity index (χ3n) is 3.88. The fourth-order valence-electron chi connectivity index (χ4n) is 2.45. The lowest BCUT2D eigenvalue weighted by molar-refractivity contribution is 0.102. The van der Waals surface area contributed by atoms with E-state index >= 15 is 0 Å². The second-order valence-electron chi connectivity index (χ2n) is 5.89. The first kappa shape index (κ1) is 16.6. The Morgan fingerprint density at radius 1 is 1.00 bits per heavy atom. The first-order valence-corrected chi connectivity index (χ1v) is 8.10. The van der Waals surface area contributed by atoms with E-state index in [0.29, 0.717) is 12.4 Å². The molecule has 0 unspecified atom stereocenters. The number of hydrogen-bond acceptors (Lipinski definition) is 4. The minimum absolute atomic E-state index is 0.274. The van der Waals surface area contributed by atoms with E-state index in [0.717, 1.165) is 11.3 Å². The van der Waals surface area contributed by atoms with E-state index < -0.39 is 0 Å². The maximum atomic E-state index is 12.2. The predicted octanol–water partition coefficient (Wildman–Crippen LogP) is 3.96. The smallest absolute Gasteiger partial charge is 0.275 e. The number of carbonyl (C=O) groups excluding carboxylic acids is 1. The van der Waals surface area contributed by atoms with Crippen LogP contribution in [0.5, 0.6) is 0 Å². The lowest BCUT2D eigenvalue weighted by atomic mass is 10.1. The van der Waals surface area contributed by atoms with Gasteiger partial charge in [-0.25, -0.2) is 9.97 Å². The highest BCUT2D eigenvalue weighted by Crippen LogP contribution is 2.12. The van der Waals surface area contributed by atoms with Crippen molar-refractivity contribution >= 4 is 17.4 Å². The van der Waals surface area contributed by atoms with Gasteiger partial charge in [0.25, 0.3) is 5.91 Å². The Morgan fingerprint density at radius 3 is 2.56 bits per heavy atom. The quantitative estimate of drug-likeness (QED) is 0.742. The zero-order chi connectivity index (χ0) is 17.6. The minimum Gasteiger partial charge on any atom is -0.365 e. The van der Waals surface area contributed by atoms with Crippen molar-refractivity contribution in [2.75, 3.05) is 10.6 Å². The van der Waals surface area contributed by atoms with Gasteiger partial charge in [0.2, 0.25) is 0 Å². The minimum atomic E-state index is -0.274. The molecule has 0 atom stereocenters. The number of aromatic nitrogens is 2. The van der Waals surface area contributed by atoms with Gasteiger partial charge in [0.05, 0.1) is 12.4 Å². The van der Waals surface area contributed by atoms with Gasteiger partial charge >= 0.3 is 0 Å². The number of nitrogens with one attached hydrogen (secondary N) is 2. The van der Waals surface area contributed by atoms with Crippen molar-refractivity contribution in [3.63, 3.8) is 0 Å². The Balaban J connectivity index is 1.61. The molecule has 0 spiro atoms. The first-order chi connectivity index (χ1) is 12.1. The van der Waals surface area contributed by atoms with Crippen LogP contribution in [0.25, 0.3) is 0 Å². The van der Waals surface area contributed by atoms with Crippen molar-refractivity contribution in [3.05, 3.63) is 83.3 Å². The highest BCUT2D eigenvalue weighted by Gasteiger charge is 2.08. The maximum absolute atomic E-state index is 12.2. The van der Waals surface area contributed by atoms with E-state index in [1.807, 2.05) is 43.3 Å². The Morgan fingerprint density at radius 2 is 1.84 bits per heavy atom. The second-order valence-corrected chi connectivity index (χ2v) is 5.89. The van der Waals surface area contributed by atoms with Crippen molar-refractivity contribution in [2.24, 2.45) is 0 Å². The van der Waals surface area contributed by atoms with Crippen LogP contribution in [0.15, 0.2) is 60.9 Å². The Bertz CT molecular complexity index is 875. The molecule has 0 fully saturated rings. The molecule has 1 amide bonds. The van der Waals surface area contributed by atoms with Gasteiger partial charge in [-0.15, -0.1) is 0 Å². The Labute approximate surface area is 147 Å². The van der Waals surface area contributed by atoms with Crippen LogP contribution < -0.4 is 10.6 Å². The van der Waals surface area contributed by atoms with Gasteiger partial charge in [-0.3, -0.25) is 4.79 Å². The third-order valence-corrected chi connectivity index (χ3v) is 3.88. The lowest BCUT2D eigenvalue weighted by Gasteiger charge is -2.09. The normalized spacial score (nSPS) is 10.3. The number of aryl methyl sites for hydroxylation is 2. The van der Waals surface area contributed by atoms with Crippen molar-refractivity contribution < 1.29 is 4.79 Å². The summed E-state index contributed by atoms with van der Waals surface area (Å²) in [4.78, 5) is 20.7. The molecule has 1 heterocycles. The van der Waals surface area contributed by atoms with Gasteiger partial charge in [-0.2, -0.15) is 0 Å². The van der Waals surface area contributed by atoms with E-state index in [1.165, 1.54) is 17.3 Å². The van der Waals surface area contributed by atoms with Gasteiger partial charge in [-0.1, -0.05) is 36.4 Å². The largest absolute Gasteiger partial charge is 0.365 e. The maximum Gasteiger partial charge on any atom is 0.275 e. The molecule has 0 aliphatic rings. The average Bonchev–Trinajstić information content (AvgIpc) is 2.61. The molecule has 0 saturated carbocycles. The van der Waals surface area contributed by atoms with Crippen molar-refractivity contribution in [1.82, 2.24) is 9.97 Å². The Hall–Kier alpha value is -3.21. The fraction of sp³-hybridized carbons (Fsp3) is 0.150. The van der Waals surface area contributed by atoms with E-state index in [1.54, 1.807) is 6.20 Å². The third kappa shape index (κ3) is 4.41. The second kappa shape index (κ2) is 7.57. The molecule has 25 heavy (non-hydrogen) atoms. The molecule has 2 aromatic carbocycles. The molecular weight excluding hydrogens is 312 g/mol. The number of anilines is 2. The molecule has 0 bridgehead atoms. The van der Waals surface area contributed by atoms with Crippen molar-refractivity contribution in [2.45, 2.75) is 20.4 Å². The summed E-state index contributed by atoms with van der Waals surface area (Å²) in [5.74, 6) is 0.360. The van der Waals surface area contributed by atoms with Crippen LogP contribution in [0.1, 0.15) is 27.2 Å². The monoisotopic (exact) mass is 332 g/mol. The molecule has 0 aliphatic carbocycles. The molecule has 5 heteroatoms. The molecule has 0 radical (unpaired) electrons. The summed E-state index contributed by atoms with van der Waals surface area (Å²) in [6, 6.07) is 15.8. The van der Waals surface area contributed by atoms with E-state index in [9.17, 15) is 4.79 Å². The summed E-state index contributed by atoms with van der Waals surface area (Å²) in [6.45, 7) is 4.71. The van der Waals surface area contributed by atoms with Crippen molar-refractivity contribution in [1.29, 1.82) is 0 Å². The van der Waals surface area contributed by atoms with E-state index in [4.69, 9.17) is 0 Å². The first-order valence-electron chi connectivity index (χ1n) is 8.10. The molecule has 3 rings (SSSR count). The van der Waals surface area contributed by atoms with Gasteiger partial charge in [0, 0.05) is 12.2 Å². The molecule has 3 aromatic rings. The zero-order valence-corrected chi connectivity index (χ0v) is 14.3. The van der Waals surface area contributed by atoms with Crippen LogP contribution in [0.3, 0.4) is 0 Å². The summed E-state index contributed by atoms with van der Waals surface area (Å²) in [5.41, 5.74) is 4.53. The lowest BCUT2D eigenvalue weighted by Crippen LogP contribution is -2.14. The highest BCUT2D eigenvalue weighted by molar-refractivity contribution is 6.02. The number of amides is 1. The van der Waals surface area contributed by atoms with Crippen LogP contribution in [-0.4, -0.2) is 15.9 Å². The standard InChI is InChI=1S/C20H20N4O/c1-14-6-5-9-17(10-14)24-20(25)18-12-23-19(13-21-18)22-11-16-8-4-3-7-15(16)2/h3-10,12-13H,11H2,1-2H3,(H,22,23)(H,24,25). The summed E-state index contributed by atoms with van der Waals surface area (Å²) in [5, 5.41) is 6.04. The van der Waals surface area contributed by atoms with Crippen LogP contribution in [0.2, 0.25) is 0 Å². The van der Waals surface area contributed by atoms with Gasteiger partial charge in [-0.05, 0) is 42.7 Å². The molecule has 5 nitrogen and oxygen atoms in total. The zero-order valence-electron chi connectivity index (χ0n) is 14.3. The van der Waals surface area contributed by atoms with Crippen LogP contribution in [-0.2, 0) is 6.54 Å². The summed E-state index contributed by atoms with van der Waals surface area (Å²) < 4.78 is 0. The number of nitrogens with zero attached hydrogens (tertiary/aromatic N) is 2. The average molecular weight is 332 g/mol.